The number of piperidine rings is 1. The largest absolute Gasteiger partial charge is 0.481 e. The van der Waals surface area contributed by atoms with Gasteiger partial charge in [0.25, 0.3) is 0 Å². The van der Waals surface area contributed by atoms with Crippen molar-refractivity contribution in [2.45, 2.75) is 24.8 Å². The Morgan fingerprint density at radius 1 is 1.30 bits per heavy atom. The highest BCUT2D eigenvalue weighted by Gasteiger charge is 2.51. The summed E-state index contributed by atoms with van der Waals surface area (Å²) in [7, 11) is 0. The van der Waals surface area contributed by atoms with Gasteiger partial charge in [-0.2, -0.15) is 0 Å². The molecule has 1 aromatic rings. The number of nitrogens with one attached hydrogen (secondary N) is 1. The van der Waals surface area contributed by atoms with Crippen LogP contribution in [-0.4, -0.2) is 47.1 Å². The Morgan fingerprint density at radius 3 is 2.65 bits per heavy atom. The van der Waals surface area contributed by atoms with E-state index in [1.54, 1.807) is 0 Å². The Morgan fingerprint density at radius 2 is 2.00 bits per heavy atom. The highest BCUT2D eigenvalue weighted by Crippen LogP contribution is 2.36. The number of hydrogen-bond acceptors (Lipinski definition) is 3. The molecule has 0 aromatic heterocycles. The van der Waals surface area contributed by atoms with Gasteiger partial charge in [-0.3, -0.25) is 14.5 Å². The lowest BCUT2D eigenvalue weighted by atomic mass is 9.78. The minimum Gasteiger partial charge on any atom is -0.481 e. The fourth-order valence-corrected chi connectivity index (χ4v) is 3.63. The van der Waals surface area contributed by atoms with Gasteiger partial charge < -0.3 is 10.4 Å². The molecule has 5 nitrogen and oxygen atoms in total. The van der Waals surface area contributed by atoms with Crippen molar-refractivity contribution >= 4 is 18.0 Å². The quantitative estimate of drug-likeness (QED) is 0.888. The number of amides is 1. The summed E-state index contributed by atoms with van der Waals surface area (Å²) >= 11 is 0. The monoisotopic (exact) mass is 314 g/mol. The third-order valence-corrected chi connectivity index (χ3v) is 4.96. The van der Waals surface area contributed by atoms with Crippen LogP contribution in [0, 0.1) is 5.92 Å². The van der Waals surface area contributed by atoms with Gasteiger partial charge in [0.05, 0.1) is 11.5 Å². The predicted molar refractivity (Wildman–Crippen MR) is 87.8 cm³/mol. The van der Waals surface area contributed by atoms with Crippen LogP contribution in [0.4, 0.5) is 0 Å². The smallest absolute Gasteiger partial charge is 0.309 e. The van der Waals surface area contributed by atoms with Gasteiger partial charge in [0.15, 0.2) is 0 Å². The van der Waals surface area contributed by atoms with Gasteiger partial charge in [-0.1, -0.05) is 42.5 Å². The van der Waals surface area contributed by atoms with Crippen LogP contribution in [0.3, 0.4) is 0 Å². The summed E-state index contributed by atoms with van der Waals surface area (Å²) in [6, 6.07) is 10.1. The molecule has 2 fully saturated rings. The van der Waals surface area contributed by atoms with Gasteiger partial charge in [-0.05, 0) is 18.4 Å². The molecule has 2 aliphatic heterocycles. The SMILES string of the molecule is O=C1CC(C(=O)O)C2(CCN(CC=Cc3ccccc3)CC2)N1. The highest BCUT2D eigenvalue weighted by molar-refractivity contribution is 5.88. The molecule has 1 unspecified atom stereocenters. The van der Waals surface area contributed by atoms with E-state index in [1.807, 2.05) is 18.2 Å². The second kappa shape index (κ2) is 6.54. The maximum Gasteiger partial charge on any atom is 0.309 e. The average Bonchev–Trinajstić information content (AvgIpc) is 2.87. The minimum atomic E-state index is -0.860. The molecule has 0 aliphatic carbocycles. The Hall–Kier alpha value is -2.14. The van der Waals surface area contributed by atoms with Crippen molar-refractivity contribution in [3.8, 4) is 0 Å². The zero-order valence-corrected chi connectivity index (χ0v) is 13.1. The molecular formula is C18H22N2O3. The number of hydrogen-bond donors (Lipinski definition) is 2. The number of carbonyl (C=O) groups excluding carboxylic acids is 1. The third kappa shape index (κ3) is 3.45. The van der Waals surface area contributed by atoms with Gasteiger partial charge in [0, 0.05) is 26.1 Å². The molecule has 2 N–H and O–H groups in total. The van der Waals surface area contributed by atoms with E-state index in [0.717, 1.165) is 19.6 Å². The summed E-state index contributed by atoms with van der Waals surface area (Å²) in [5, 5.41) is 12.3. The third-order valence-electron chi connectivity index (χ3n) is 4.96. The van der Waals surface area contributed by atoms with Gasteiger partial charge in [0.1, 0.15) is 0 Å². The normalized spacial score (nSPS) is 24.2. The van der Waals surface area contributed by atoms with Gasteiger partial charge in [0.2, 0.25) is 5.91 Å². The Bertz CT molecular complexity index is 604. The van der Waals surface area contributed by atoms with E-state index in [4.69, 9.17) is 0 Å². The number of rotatable bonds is 4. The molecule has 1 spiro atoms. The molecular weight excluding hydrogens is 292 g/mol. The maximum atomic E-state index is 11.6. The van der Waals surface area contributed by atoms with E-state index in [9.17, 15) is 14.7 Å². The van der Waals surface area contributed by atoms with Crippen molar-refractivity contribution in [1.29, 1.82) is 0 Å². The number of aliphatic carboxylic acids is 1. The number of likely N-dealkylation sites (tertiary alicyclic amines) is 1. The summed E-state index contributed by atoms with van der Waals surface area (Å²) in [6.07, 6.45) is 5.75. The molecule has 0 radical (unpaired) electrons. The van der Waals surface area contributed by atoms with E-state index in [-0.39, 0.29) is 12.3 Å². The van der Waals surface area contributed by atoms with Crippen molar-refractivity contribution in [3.63, 3.8) is 0 Å². The Labute approximate surface area is 136 Å². The van der Waals surface area contributed by atoms with Crippen LogP contribution < -0.4 is 5.32 Å². The fraction of sp³-hybridized carbons (Fsp3) is 0.444. The van der Waals surface area contributed by atoms with E-state index in [2.05, 4.69) is 34.5 Å². The van der Waals surface area contributed by atoms with Crippen LogP contribution in [0.5, 0.6) is 0 Å². The molecule has 2 aliphatic rings. The minimum absolute atomic E-state index is 0.114. The van der Waals surface area contributed by atoms with Gasteiger partial charge in [-0.15, -0.1) is 0 Å². The zero-order valence-electron chi connectivity index (χ0n) is 13.1. The average molecular weight is 314 g/mol. The second-order valence-electron chi connectivity index (χ2n) is 6.41. The molecule has 3 rings (SSSR count). The molecule has 1 aromatic carbocycles. The molecule has 5 heteroatoms. The van der Waals surface area contributed by atoms with Crippen LogP contribution in [0.2, 0.25) is 0 Å². The molecule has 1 amide bonds. The van der Waals surface area contributed by atoms with Crippen molar-refractivity contribution in [3.05, 3.63) is 42.0 Å². The first kappa shape index (κ1) is 15.7. The summed E-state index contributed by atoms with van der Waals surface area (Å²) in [5.41, 5.74) is 0.637. The molecule has 2 heterocycles. The topological polar surface area (TPSA) is 69.6 Å². The highest BCUT2D eigenvalue weighted by atomic mass is 16.4. The molecule has 122 valence electrons. The van der Waals surface area contributed by atoms with Gasteiger partial charge >= 0.3 is 5.97 Å². The first-order valence-corrected chi connectivity index (χ1v) is 8.07. The van der Waals surface area contributed by atoms with Crippen LogP contribution in [0.15, 0.2) is 36.4 Å². The Balaban J connectivity index is 1.55. The van der Waals surface area contributed by atoms with Crippen LogP contribution in [0.1, 0.15) is 24.8 Å². The van der Waals surface area contributed by atoms with Gasteiger partial charge in [-0.25, -0.2) is 0 Å². The fourth-order valence-electron chi connectivity index (χ4n) is 3.63. The van der Waals surface area contributed by atoms with Crippen LogP contribution >= 0.6 is 0 Å². The van der Waals surface area contributed by atoms with Crippen molar-refractivity contribution in [2.24, 2.45) is 5.92 Å². The van der Waals surface area contributed by atoms with Crippen LogP contribution in [-0.2, 0) is 9.59 Å². The van der Waals surface area contributed by atoms with Crippen LogP contribution in [0.25, 0.3) is 6.08 Å². The lowest BCUT2D eigenvalue weighted by molar-refractivity contribution is -0.144. The predicted octanol–water partition coefficient (Wildman–Crippen LogP) is 1.76. The number of nitrogens with zero attached hydrogens (tertiary/aromatic N) is 1. The molecule has 0 bridgehead atoms. The van der Waals surface area contributed by atoms with E-state index in [0.29, 0.717) is 12.8 Å². The number of carbonyl (C=O) groups is 2. The van der Waals surface area contributed by atoms with E-state index < -0.39 is 17.4 Å². The standard InChI is InChI=1S/C18H22N2O3/c21-16-13-15(17(22)23)18(19-16)8-11-20(12-9-18)10-4-7-14-5-2-1-3-6-14/h1-7,15H,8-13H2,(H,19,21)(H,22,23). The van der Waals surface area contributed by atoms with E-state index in [1.165, 1.54) is 5.56 Å². The number of benzene rings is 1. The molecule has 0 saturated carbocycles. The number of carboxylic acids is 1. The van der Waals surface area contributed by atoms with Crippen molar-refractivity contribution in [1.82, 2.24) is 10.2 Å². The first-order valence-electron chi connectivity index (χ1n) is 8.07. The first-order chi connectivity index (χ1) is 11.1. The number of carboxylic acid groups (broad SMARTS) is 1. The summed E-state index contributed by atoms with van der Waals surface area (Å²) in [4.78, 5) is 25.4. The molecule has 1 atom stereocenters. The summed E-state index contributed by atoms with van der Waals surface area (Å²) in [6.45, 7) is 2.46. The summed E-state index contributed by atoms with van der Waals surface area (Å²) in [5.74, 6) is -1.58. The lowest BCUT2D eigenvalue weighted by Gasteiger charge is -2.41. The zero-order chi connectivity index (χ0) is 16.3. The maximum absolute atomic E-state index is 11.6. The second-order valence-corrected chi connectivity index (χ2v) is 6.41. The Kier molecular flexibility index (Phi) is 4.48. The molecule has 2 saturated heterocycles. The lowest BCUT2D eigenvalue weighted by Crippen LogP contribution is -2.55. The van der Waals surface area contributed by atoms with Crippen molar-refractivity contribution < 1.29 is 14.7 Å². The summed E-state index contributed by atoms with van der Waals surface area (Å²) < 4.78 is 0. The van der Waals surface area contributed by atoms with Crippen molar-refractivity contribution in [2.75, 3.05) is 19.6 Å². The molecule has 23 heavy (non-hydrogen) atoms. The van der Waals surface area contributed by atoms with E-state index >= 15 is 0 Å².